The predicted molar refractivity (Wildman–Crippen MR) is 124 cm³/mol. The van der Waals surface area contributed by atoms with Crippen LogP contribution in [0.25, 0.3) is 0 Å². The summed E-state index contributed by atoms with van der Waals surface area (Å²) >= 11 is 0. The first-order chi connectivity index (χ1) is 15.9. The number of carbonyl (C=O) groups excluding carboxylic acids is 2. The second kappa shape index (κ2) is 11.2. The molecule has 9 heteroatoms. The predicted octanol–water partition coefficient (Wildman–Crippen LogP) is 3.96. The van der Waals surface area contributed by atoms with Crippen molar-refractivity contribution >= 4 is 29.4 Å². The second-order valence-corrected chi connectivity index (χ2v) is 7.14. The first-order valence-corrected chi connectivity index (χ1v) is 10.0. The molecular formula is C24H22N4O5. The highest BCUT2D eigenvalue weighted by atomic mass is 16.6. The topological polar surface area (TPSA) is 123 Å². The van der Waals surface area contributed by atoms with E-state index >= 15 is 0 Å². The molecule has 0 aliphatic carbocycles. The zero-order chi connectivity index (χ0) is 23.6. The standard InChI is InChI=1S/C24H22N4O5/c1-17-7-10-20(11-8-17)26-23(29)14-24(30)27-25-15-19-9-12-22(21(13-19)28(31)32)33-16-18-5-3-2-4-6-18/h2-13,15H,14,16H2,1H3,(H,26,29)(H,27,30). The van der Waals surface area contributed by atoms with E-state index in [0.717, 1.165) is 11.1 Å². The Labute approximate surface area is 190 Å². The molecule has 0 radical (unpaired) electrons. The van der Waals surface area contributed by atoms with E-state index < -0.39 is 23.2 Å². The van der Waals surface area contributed by atoms with Crippen molar-refractivity contribution in [2.75, 3.05) is 5.32 Å². The number of nitro benzene ring substituents is 1. The number of anilines is 1. The molecule has 0 bridgehead atoms. The van der Waals surface area contributed by atoms with Crippen LogP contribution in [-0.2, 0) is 16.2 Å². The van der Waals surface area contributed by atoms with Gasteiger partial charge in [0.05, 0.1) is 11.1 Å². The van der Waals surface area contributed by atoms with Crippen molar-refractivity contribution < 1.29 is 19.2 Å². The van der Waals surface area contributed by atoms with Gasteiger partial charge in [0.25, 0.3) is 0 Å². The molecule has 2 amide bonds. The maximum Gasteiger partial charge on any atom is 0.311 e. The Balaban J connectivity index is 1.54. The molecule has 33 heavy (non-hydrogen) atoms. The lowest BCUT2D eigenvalue weighted by molar-refractivity contribution is -0.385. The summed E-state index contributed by atoms with van der Waals surface area (Å²) in [6.45, 7) is 2.12. The third-order valence-corrected chi connectivity index (χ3v) is 4.48. The number of aryl methyl sites for hydroxylation is 1. The van der Waals surface area contributed by atoms with Crippen LogP contribution >= 0.6 is 0 Å². The number of rotatable bonds is 9. The van der Waals surface area contributed by atoms with Crippen LogP contribution in [0.15, 0.2) is 77.9 Å². The summed E-state index contributed by atoms with van der Waals surface area (Å²) in [7, 11) is 0. The van der Waals surface area contributed by atoms with Crippen LogP contribution in [-0.4, -0.2) is 23.0 Å². The van der Waals surface area contributed by atoms with Crippen molar-refractivity contribution in [2.45, 2.75) is 20.0 Å². The molecule has 0 saturated heterocycles. The third-order valence-electron chi connectivity index (χ3n) is 4.48. The van der Waals surface area contributed by atoms with Crippen molar-refractivity contribution in [3.05, 3.63) is 99.6 Å². The summed E-state index contributed by atoms with van der Waals surface area (Å²) in [6, 6.07) is 20.8. The summed E-state index contributed by atoms with van der Waals surface area (Å²) < 4.78 is 5.58. The van der Waals surface area contributed by atoms with E-state index in [0.29, 0.717) is 11.3 Å². The first kappa shape index (κ1) is 23.1. The zero-order valence-corrected chi connectivity index (χ0v) is 17.9. The quantitative estimate of drug-likeness (QED) is 0.223. The van der Waals surface area contributed by atoms with Gasteiger partial charge in [0, 0.05) is 17.3 Å². The Kier molecular flexibility index (Phi) is 7.85. The van der Waals surface area contributed by atoms with Crippen LogP contribution in [0.1, 0.15) is 23.1 Å². The van der Waals surface area contributed by atoms with Gasteiger partial charge in [-0.3, -0.25) is 19.7 Å². The second-order valence-electron chi connectivity index (χ2n) is 7.14. The highest BCUT2D eigenvalue weighted by molar-refractivity contribution is 6.03. The van der Waals surface area contributed by atoms with Crippen molar-refractivity contribution in [1.82, 2.24) is 5.43 Å². The minimum absolute atomic E-state index is 0.123. The number of nitro groups is 1. The van der Waals surface area contributed by atoms with E-state index in [1.54, 1.807) is 18.2 Å². The molecule has 0 fully saturated rings. The van der Waals surface area contributed by atoms with Gasteiger partial charge < -0.3 is 10.1 Å². The summed E-state index contributed by atoms with van der Waals surface area (Å²) in [5.41, 5.74) is 4.92. The van der Waals surface area contributed by atoms with Gasteiger partial charge in [-0.15, -0.1) is 0 Å². The molecule has 0 aliphatic heterocycles. The van der Waals surface area contributed by atoms with E-state index in [1.807, 2.05) is 49.4 Å². The van der Waals surface area contributed by atoms with Crippen LogP contribution in [0, 0.1) is 17.0 Å². The largest absolute Gasteiger partial charge is 0.482 e. The lowest BCUT2D eigenvalue weighted by Gasteiger charge is -2.07. The van der Waals surface area contributed by atoms with Crippen LogP contribution < -0.4 is 15.5 Å². The number of carbonyl (C=O) groups is 2. The number of benzene rings is 3. The van der Waals surface area contributed by atoms with Crippen molar-refractivity contribution in [2.24, 2.45) is 5.10 Å². The smallest absolute Gasteiger partial charge is 0.311 e. The Hall–Kier alpha value is -4.53. The maximum atomic E-state index is 11.9. The molecule has 0 unspecified atom stereocenters. The van der Waals surface area contributed by atoms with Gasteiger partial charge in [0.2, 0.25) is 11.8 Å². The van der Waals surface area contributed by atoms with Crippen LogP contribution in [0.5, 0.6) is 5.75 Å². The monoisotopic (exact) mass is 446 g/mol. The molecule has 168 valence electrons. The zero-order valence-electron chi connectivity index (χ0n) is 17.9. The number of ether oxygens (including phenoxy) is 1. The number of nitrogens with one attached hydrogen (secondary N) is 2. The fourth-order valence-corrected chi connectivity index (χ4v) is 2.82. The van der Waals surface area contributed by atoms with Crippen LogP contribution in [0.3, 0.4) is 0 Å². The molecule has 3 aromatic carbocycles. The summed E-state index contributed by atoms with van der Waals surface area (Å²) in [5, 5.41) is 17.8. The molecule has 2 N–H and O–H groups in total. The summed E-state index contributed by atoms with van der Waals surface area (Å²) in [4.78, 5) is 34.7. The average molecular weight is 446 g/mol. The Morgan fingerprint density at radius 3 is 2.45 bits per heavy atom. The maximum absolute atomic E-state index is 11.9. The number of hydrazone groups is 1. The molecule has 0 atom stereocenters. The number of nitrogens with zero attached hydrogens (tertiary/aromatic N) is 2. The van der Waals surface area contributed by atoms with Crippen molar-refractivity contribution in [1.29, 1.82) is 0 Å². The number of hydrogen-bond acceptors (Lipinski definition) is 6. The molecule has 3 aromatic rings. The van der Waals surface area contributed by atoms with Gasteiger partial charge >= 0.3 is 5.69 Å². The van der Waals surface area contributed by atoms with Gasteiger partial charge in [0.1, 0.15) is 13.0 Å². The fourth-order valence-electron chi connectivity index (χ4n) is 2.82. The van der Waals surface area contributed by atoms with Gasteiger partial charge in [-0.05, 0) is 36.8 Å². The van der Waals surface area contributed by atoms with E-state index in [4.69, 9.17) is 4.74 Å². The van der Waals surface area contributed by atoms with E-state index in [9.17, 15) is 19.7 Å². The van der Waals surface area contributed by atoms with E-state index in [2.05, 4.69) is 15.8 Å². The first-order valence-electron chi connectivity index (χ1n) is 10.0. The molecule has 9 nitrogen and oxygen atoms in total. The molecule has 0 saturated carbocycles. The summed E-state index contributed by atoms with van der Waals surface area (Å²) in [5.74, 6) is -0.979. The molecule has 0 heterocycles. The highest BCUT2D eigenvalue weighted by Gasteiger charge is 2.16. The van der Waals surface area contributed by atoms with Crippen molar-refractivity contribution in [3.63, 3.8) is 0 Å². The van der Waals surface area contributed by atoms with Gasteiger partial charge in [-0.2, -0.15) is 5.10 Å². The highest BCUT2D eigenvalue weighted by Crippen LogP contribution is 2.28. The molecule has 0 aliphatic rings. The van der Waals surface area contributed by atoms with E-state index in [-0.39, 0.29) is 18.0 Å². The minimum Gasteiger partial charge on any atom is -0.482 e. The molecule has 3 rings (SSSR count). The number of amides is 2. The Morgan fingerprint density at radius 1 is 1.03 bits per heavy atom. The molecule has 0 spiro atoms. The van der Waals surface area contributed by atoms with Crippen LogP contribution in [0.2, 0.25) is 0 Å². The fraction of sp³-hybridized carbons (Fsp3) is 0.125. The lowest BCUT2D eigenvalue weighted by Crippen LogP contribution is -2.24. The average Bonchev–Trinajstić information content (AvgIpc) is 2.80. The summed E-state index contributed by atoms with van der Waals surface area (Å²) in [6.07, 6.45) is 0.835. The van der Waals surface area contributed by atoms with Crippen LogP contribution in [0.4, 0.5) is 11.4 Å². The number of hydrogen-bond donors (Lipinski definition) is 2. The molecular weight excluding hydrogens is 424 g/mol. The van der Waals surface area contributed by atoms with Crippen molar-refractivity contribution in [3.8, 4) is 5.75 Å². The third kappa shape index (κ3) is 7.28. The Bertz CT molecular complexity index is 1160. The van der Waals surface area contributed by atoms with E-state index in [1.165, 1.54) is 18.3 Å². The normalized spacial score (nSPS) is 10.6. The lowest BCUT2D eigenvalue weighted by atomic mass is 10.2. The SMILES string of the molecule is Cc1ccc(NC(=O)CC(=O)NN=Cc2ccc(OCc3ccccc3)c([N+](=O)[O-])c2)cc1. The molecule has 0 aromatic heterocycles. The van der Waals surface area contributed by atoms with Gasteiger partial charge in [0.15, 0.2) is 5.75 Å². The van der Waals surface area contributed by atoms with Gasteiger partial charge in [-0.1, -0.05) is 48.0 Å². The Morgan fingerprint density at radius 2 is 1.76 bits per heavy atom. The van der Waals surface area contributed by atoms with Gasteiger partial charge in [-0.25, -0.2) is 5.43 Å². The minimum atomic E-state index is -0.617.